The first kappa shape index (κ1) is 22.7. The second kappa shape index (κ2) is 8.62. The van der Waals surface area contributed by atoms with Crippen LogP contribution in [-0.4, -0.2) is 58.0 Å². The van der Waals surface area contributed by atoms with Gasteiger partial charge in [-0.3, -0.25) is 0 Å². The maximum atomic E-state index is 11.2. The van der Waals surface area contributed by atoms with Crippen LogP contribution >= 0.6 is 0 Å². The highest BCUT2D eigenvalue weighted by Gasteiger charge is 2.44. The zero-order valence-electron chi connectivity index (χ0n) is 18.0. The molecule has 1 aliphatic carbocycles. The van der Waals surface area contributed by atoms with Crippen molar-refractivity contribution in [2.45, 2.75) is 43.3 Å². The standard InChI is InChI=1S/C22H24N6O5S/c23-20-17-14(8-7-13-6-5-12-3-1-2-4-15(12)13)10-28(21(17)26-11-25-20)22-19(30)18(29)16(33-22)9-27-34(24,31)32/h1-4,10-11,13,16,18-19,22,27,29-30H,5-6,9H2,(H2,23,25,26)(H2,24,31,32)/t13?,16-,18-,19-,22-/m1/s1. The molecule has 3 heterocycles. The van der Waals surface area contributed by atoms with E-state index in [1.54, 1.807) is 6.20 Å². The minimum Gasteiger partial charge on any atom is -0.387 e. The smallest absolute Gasteiger partial charge is 0.274 e. The molecule has 1 fully saturated rings. The molecule has 3 aromatic rings. The Kier molecular flexibility index (Phi) is 5.76. The molecule has 0 spiro atoms. The molecule has 0 radical (unpaired) electrons. The van der Waals surface area contributed by atoms with Gasteiger partial charge in [0.15, 0.2) is 6.23 Å². The molecule has 1 saturated heterocycles. The van der Waals surface area contributed by atoms with Crippen LogP contribution in [0.5, 0.6) is 0 Å². The van der Waals surface area contributed by atoms with Gasteiger partial charge in [-0.2, -0.15) is 13.1 Å². The van der Waals surface area contributed by atoms with Crippen molar-refractivity contribution in [1.29, 1.82) is 0 Å². The number of anilines is 1. The van der Waals surface area contributed by atoms with Gasteiger partial charge in [-0.15, -0.1) is 0 Å². The molecule has 2 aromatic heterocycles. The normalized spacial score (nSPS) is 26.4. The van der Waals surface area contributed by atoms with Crippen molar-refractivity contribution in [3.05, 3.63) is 53.5 Å². The number of ether oxygens (including phenoxy) is 1. The van der Waals surface area contributed by atoms with E-state index in [-0.39, 0.29) is 18.3 Å². The van der Waals surface area contributed by atoms with E-state index < -0.39 is 34.7 Å². The molecule has 1 aliphatic heterocycles. The Bertz CT molecular complexity index is 1410. The lowest BCUT2D eigenvalue weighted by Gasteiger charge is -2.17. The number of nitrogens with zero attached hydrogens (tertiary/aromatic N) is 3. The minimum atomic E-state index is -3.99. The predicted octanol–water partition coefficient (Wildman–Crippen LogP) is -0.493. The number of aryl methyl sites for hydroxylation is 1. The van der Waals surface area contributed by atoms with Gasteiger partial charge in [0.2, 0.25) is 0 Å². The number of aliphatic hydroxyl groups excluding tert-OH is 2. The molecule has 5 atom stereocenters. The van der Waals surface area contributed by atoms with Crippen molar-refractivity contribution in [1.82, 2.24) is 19.3 Å². The van der Waals surface area contributed by atoms with Gasteiger partial charge in [0.25, 0.3) is 10.2 Å². The van der Waals surface area contributed by atoms with Crippen molar-refractivity contribution in [2.75, 3.05) is 12.3 Å². The van der Waals surface area contributed by atoms with Gasteiger partial charge in [-0.25, -0.2) is 15.1 Å². The fourth-order valence-electron chi connectivity index (χ4n) is 4.60. The van der Waals surface area contributed by atoms with Crippen LogP contribution in [0.15, 0.2) is 36.8 Å². The molecule has 1 unspecified atom stereocenters. The van der Waals surface area contributed by atoms with Crippen molar-refractivity contribution in [3.63, 3.8) is 0 Å². The van der Waals surface area contributed by atoms with Gasteiger partial charge < -0.3 is 25.3 Å². The van der Waals surface area contributed by atoms with Gasteiger partial charge in [-0.1, -0.05) is 36.1 Å². The summed E-state index contributed by atoms with van der Waals surface area (Å²) in [7, 11) is -3.99. The molecule has 0 saturated carbocycles. The largest absolute Gasteiger partial charge is 0.387 e. The first-order chi connectivity index (χ1) is 16.2. The summed E-state index contributed by atoms with van der Waals surface area (Å²) in [4.78, 5) is 8.36. The molecule has 0 amide bonds. The minimum absolute atomic E-state index is 0.0873. The van der Waals surface area contributed by atoms with E-state index in [0.717, 1.165) is 12.8 Å². The number of nitrogens with two attached hydrogens (primary N) is 2. The fraction of sp³-hybridized carbons (Fsp3) is 0.364. The number of hydrogen-bond acceptors (Lipinski definition) is 8. The van der Waals surface area contributed by atoms with Crippen LogP contribution in [0.3, 0.4) is 0 Å². The van der Waals surface area contributed by atoms with Crippen LogP contribution in [0.4, 0.5) is 5.82 Å². The Morgan fingerprint density at radius 2 is 2.03 bits per heavy atom. The number of fused-ring (bicyclic) bond motifs is 2. The SMILES string of the molecule is Nc1ncnc2c1c(C#CC1CCc3ccccc31)cn2[C@@H]1O[C@H](CNS(N)(=O)=O)[C@@H](O)[C@H]1O. The van der Waals surface area contributed by atoms with Crippen molar-refractivity contribution < 1.29 is 23.4 Å². The fourth-order valence-corrected chi connectivity index (χ4v) is 4.99. The predicted molar refractivity (Wildman–Crippen MR) is 123 cm³/mol. The summed E-state index contributed by atoms with van der Waals surface area (Å²) >= 11 is 0. The lowest BCUT2D eigenvalue weighted by atomic mass is 10.0. The number of nitrogen functional groups attached to an aromatic ring is 1. The Morgan fingerprint density at radius 3 is 2.82 bits per heavy atom. The summed E-state index contributed by atoms with van der Waals surface area (Å²) in [6.07, 6.45) is 0.0297. The maximum Gasteiger partial charge on any atom is 0.274 e. The van der Waals surface area contributed by atoms with Gasteiger partial charge >= 0.3 is 0 Å². The van der Waals surface area contributed by atoms with Crippen LogP contribution in [0.1, 0.15) is 35.3 Å². The Balaban J connectivity index is 1.49. The van der Waals surface area contributed by atoms with Crippen LogP contribution in [0.2, 0.25) is 0 Å². The third-order valence-electron chi connectivity index (χ3n) is 6.25. The lowest BCUT2D eigenvalue weighted by Crippen LogP contribution is -2.42. The number of nitrogens with one attached hydrogen (secondary N) is 1. The number of rotatable bonds is 4. The zero-order chi connectivity index (χ0) is 24.0. The third kappa shape index (κ3) is 4.14. The molecule has 11 nitrogen and oxygen atoms in total. The molecular formula is C22H24N6O5S. The average Bonchev–Trinajstić information content (AvgIpc) is 3.46. The zero-order valence-corrected chi connectivity index (χ0v) is 18.8. The number of aliphatic hydroxyl groups is 2. The average molecular weight is 485 g/mol. The number of benzene rings is 1. The highest BCUT2D eigenvalue weighted by atomic mass is 32.2. The van der Waals surface area contributed by atoms with E-state index in [1.165, 1.54) is 22.0 Å². The summed E-state index contributed by atoms with van der Waals surface area (Å²) < 4.78 is 31.8. The Labute approximate surface area is 195 Å². The topological polar surface area (TPSA) is 179 Å². The van der Waals surface area contributed by atoms with Crippen LogP contribution in [-0.2, 0) is 21.4 Å². The summed E-state index contributed by atoms with van der Waals surface area (Å²) in [5, 5.41) is 26.5. The Morgan fingerprint density at radius 1 is 1.24 bits per heavy atom. The van der Waals surface area contributed by atoms with E-state index in [4.69, 9.17) is 15.6 Å². The molecule has 2 aliphatic rings. The molecule has 178 valence electrons. The summed E-state index contributed by atoms with van der Waals surface area (Å²) in [5.41, 5.74) is 9.59. The third-order valence-corrected chi connectivity index (χ3v) is 6.82. The van der Waals surface area contributed by atoms with Crippen molar-refractivity contribution in [3.8, 4) is 11.8 Å². The molecule has 1 aromatic carbocycles. The molecule has 12 heteroatoms. The highest BCUT2D eigenvalue weighted by Crippen LogP contribution is 2.35. The second-order valence-corrected chi connectivity index (χ2v) is 9.79. The first-order valence-corrected chi connectivity index (χ1v) is 12.3. The van der Waals surface area contributed by atoms with E-state index in [2.05, 4.69) is 38.7 Å². The van der Waals surface area contributed by atoms with E-state index >= 15 is 0 Å². The molecule has 7 N–H and O–H groups in total. The molecular weight excluding hydrogens is 460 g/mol. The number of hydrogen-bond donors (Lipinski definition) is 5. The van der Waals surface area contributed by atoms with E-state index in [0.29, 0.717) is 16.6 Å². The highest BCUT2D eigenvalue weighted by molar-refractivity contribution is 7.87. The van der Waals surface area contributed by atoms with Crippen LogP contribution in [0, 0.1) is 11.8 Å². The molecule has 5 rings (SSSR count). The second-order valence-electron chi connectivity index (χ2n) is 8.41. The van der Waals surface area contributed by atoms with Gasteiger partial charge in [0.05, 0.1) is 10.9 Å². The summed E-state index contributed by atoms with van der Waals surface area (Å²) in [6, 6.07) is 8.22. The van der Waals surface area contributed by atoms with Gasteiger partial charge in [0, 0.05) is 18.7 Å². The van der Waals surface area contributed by atoms with Crippen molar-refractivity contribution in [2.24, 2.45) is 5.14 Å². The van der Waals surface area contributed by atoms with Gasteiger partial charge in [-0.05, 0) is 24.0 Å². The Hall–Kier alpha value is -3.05. The van der Waals surface area contributed by atoms with E-state index in [9.17, 15) is 18.6 Å². The summed E-state index contributed by atoms with van der Waals surface area (Å²) in [5.74, 6) is 6.83. The quantitative estimate of drug-likeness (QED) is 0.308. The number of aromatic nitrogens is 3. The van der Waals surface area contributed by atoms with Crippen LogP contribution < -0.4 is 15.6 Å². The van der Waals surface area contributed by atoms with Crippen molar-refractivity contribution >= 4 is 27.1 Å². The summed E-state index contributed by atoms with van der Waals surface area (Å²) in [6.45, 7) is -0.308. The maximum absolute atomic E-state index is 11.2. The molecule has 0 bridgehead atoms. The van der Waals surface area contributed by atoms with E-state index in [1.807, 2.05) is 12.1 Å². The monoisotopic (exact) mass is 484 g/mol. The lowest BCUT2D eigenvalue weighted by molar-refractivity contribution is -0.0327. The first-order valence-electron chi connectivity index (χ1n) is 10.7. The van der Waals surface area contributed by atoms with Gasteiger partial charge in [0.1, 0.15) is 36.1 Å². The van der Waals surface area contributed by atoms with Crippen LogP contribution in [0.25, 0.3) is 11.0 Å². The molecule has 34 heavy (non-hydrogen) atoms.